The van der Waals surface area contributed by atoms with Crippen LogP contribution in [0.4, 0.5) is 0 Å². The number of amides is 3. The molecule has 0 aromatic rings. The van der Waals surface area contributed by atoms with Gasteiger partial charge in [-0.3, -0.25) is 24.2 Å². The lowest BCUT2D eigenvalue weighted by Crippen LogP contribution is -2.45. The first-order chi connectivity index (χ1) is 9.00. The maximum absolute atomic E-state index is 12.4. The predicted molar refractivity (Wildman–Crippen MR) is 67.0 cm³/mol. The summed E-state index contributed by atoms with van der Waals surface area (Å²) in [5, 5.41) is 0. The fraction of sp³-hybridized carbons (Fsp3) is 0.769. The number of hydrogen-bond acceptors (Lipinski definition) is 4. The maximum Gasteiger partial charge on any atom is 0.239 e. The summed E-state index contributed by atoms with van der Waals surface area (Å²) in [5.41, 5.74) is 0. The standard InChI is InChI=1S/C13H19N3O3/c1-14-5-3-4-10(14)13(19)16-6-8-9(7-16)12(18)15(2)11(8)17/h8-10H,3-7H2,1-2H3/t8-,9+,10-/m1/s1. The van der Waals surface area contributed by atoms with Crippen molar-refractivity contribution in [1.82, 2.24) is 14.7 Å². The number of fused-ring (bicyclic) bond motifs is 1. The largest absolute Gasteiger partial charge is 0.340 e. The molecule has 3 aliphatic rings. The van der Waals surface area contributed by atoms with Crippen molar-refractivity contribution in [3.63, 3.8) is 0 Å². The second-order valence-corrected chi connectivity index (χ2v) is 5.83. The van der Waals surface area contributed by atoms with Crippen molar-refractivity contribution in [2.45, 2.75) is 18.9 Å². The molecular weight excluding hydrogens is 246 g/mol. The number of imide groups is 1. The fourth-order valence-corrected chi connectivity index (χ4v) is 3.52. The number of carbonyl (C=O) groups excluding carboxylic acids is 3. The molecule has 3 fully saturated rings. The molecule has 6 heteroatoms. The van der Waals surface area contributed by atoms with Crippen molar-refractivity contribution in [3.8, 4) is 0 Å². The molecule has 0 aromatic carbocycles. The van der Waals surface area contributed by atoms with Gasteiger partial charge in [0.15, 0.2) is 0 Å². The van der Waals surface area contributed by atoms with Gasteiger partial charge in [-0.25, -0.2) is 0 Å². The number of rotatable bonds is 1. The van der Waals surface area contributed by atoms with Crippen LogP contribution in [0.1, 0.15) is 12.8 Å². The van der Waals surface area contributed by atoms with Crippen molar-refractivity contribution in [2.24, 2.45) is 11.8 Å². The SMILES string of the molecule is CN1C(=O)[C@H]2CN(C(=O)[C@H]3CCCN3C)C[C@H]2C1=O. The highest BCUT2D eigenvalue weighted by Crippen LogP contribution is 2.33. The van der Waals surface area contributed by atoms with Crippen LogP contribution in [0.3, 0.4) is 0 Å². The molecule has 6 nitrogen and oxygen atoms in total. The molecule has 0 saturated carbocycles. The van der Waals surface area contributed by atoms with E-state index >= 15 is 0 Å². The zero-order valence-electron chi connectivity index (χ0n) is 11.3. The van der Waals surface area contributed by atoms with Crippen molar-refractivity contribution in [1.29, 1.82) is 0 Å². The summed E-state index contributed by atoms with van der Waals surface area (Å²) in [6, 6.07) is -0.0678. The van der Waals surface area contributed by atoms with Gasteiger partial charge in [-0.15, -0.1) is 0 Å². The number of carbonyl (C=O) groups is 3. The topological polar surface area (TPSA) is 60.9 Å². The Morgan fingerprint density at radius 3 is 2.16 bits per heavy atom. The van der Waals surface area contributed by atoms with Gasteiger partial charge in [0.1, 0.15) is 0 Å². The quantitative estimate of drug-likeness (QED) is 0.580. The third-order valence-corrected chi connectivity index (χ3v) is 4.73. The molecule has 0 N–H and O–H groups in total. The molecule has 3 heterocycles. The summed E-state index contributed by atoms with van der Waals surface area (Å²) in [4.78, 5) is 41.2. The molecule has 0 unspecified atom stereocenters. The average Bonchev–Trinajstić information content (AvgIpc) is 3.05. The molecule has 0 radical (unpaired) electrons. The lowest BCUT2D eigenvalue weighted by molar-refractivity contribution is -0.140. The molecule has 0 bridgehead atoms. The van der Waals surface area contributed by atoms with Gasteiger partial charge < -0.3 is 4.90 Å². The average molecular weight is 265 g/mol. The third-order valence-electron chi connectivity index (χ3n) is 4.73. The lowest BCUT2D eigenvalue weighted by atomic mass is 10.00. The zero-order chi connectivity index (χ0) is 13.7. The highest BCUT2D eigenvalue weighted by Gasteiger charge is 2.52. The molecule has 3 amide bonds. The van der Waals surface area contributed by atoms with E-state index in [-0.39, 0.29) is 35.6 Å². The molecule has 3 rings (SSSR count). The van der Waals surface area contributed by atoms with E-state index in [1.165, 1.54) is 11.9 Å². The van der Waals surface area contributed by atoms with E-state index in [0.29, 0.717) is 13.1 Å². The van der Waals surface area contributed by atoms with Gasteiger partial charge >= 0.3 is 0 Å². The number of likely N-dealkylation sites (tertiary alicyclic amines) is 3. The molecule has 0 spiro atoms. The van der Waals surface area contributed by atoms with Crippen LogP contribution in [0.2, 0.25) is 0 Å². The van der Waals surface area contributed by atoms with E-state index in [1.54, 1.807) is 4.90 Å². The van der Waals surface area contributed by atoms with Crippen molar-refractivity contribution >= 4 is 17.7 Å². The van der Waals surface area contributed by atoms with E-state index < -0.39 is 0 Å². The minimum atomic E-state index is -0.312. The van der Waals surface area contributed by atoms with Crippen LogP contribution in [0.25, 0.3) is 0 Å². The third kappa shape index (κ3) is 1.77. The van der Waals surface area contributed by atoms with Crippen molar-refractivity contribution in [3.05, 3.63) is 0 Å². The Labute approximate surface area is 112 Å². The first kappa shape index (κ1) is 12.6. The van der Waals surface area contributed by atoms with E-state index in [2.05, 4.69) is 4.90 Å². The number of likely N-dealkylation sites (N-methyl/N-ethyl adjacent to an activating group) is 1. The normalized spacial score (nSPS) is 35.4. The van der Waals surface area contributed by atoms with Crippen LogP contribution >= 0.6 is 0 Å². The van der Waals surface area contributed by atoms with Crippen molar-refractivity contribution < 1.29 is 14.4 Å². The first-order valence-corrected chi connectivity index (χ1v) is 6.81. The minimum Gasteiger partial charge on any atom is -0.340 e. The summed E-state index contributed by atoms with van der Waals surface area (Å²) >= 11 is 0. The summed E-state index contributed by atoms with van der Waals surface area (Å²) in [6.07, 6.45) is 1.91. The highest BCUT2D eigenvalue weighted by molar-refractivity contribution is 6.06. The van der Waals surface area contributed by atoms with E-state index in [0.717, 1.165) is 19.4 Å². The molecule has 3 aliphatic heterocycles. The second kappa shape index (κ2) is 4.30. The summed E-state index contributed by atoms with van der Waals surface area (Å²) in [7, 11) is 3.48. The lowest BCUT2D eigenvalue weighted by Gasteiger charge is -2.25. The van der Waals surface area contributed by atoms with Gasteiger partial charge in [0.2, 0.25) is 17.7 Å². The van der Waals surface area contributed by atoms with Crippen LogP contribution in [0, 0.1) is 11.8 Å². The summed E-state index contributed by atoms with van der Waals surface area (Å²) in [5.74, 6) is -0.811. The fourth-order valence-electron chi connectivity index (χ4n) is 3.52. The molecule has 3 atom stereocenters. The number of nitrogens with zero attached hydrogens (tertiary/aromatic N) is 3. The first-order valence-electron chi connectivity index (χ1n) is 6.81. The van der Waals surface area contributed by atoms with Crippen LogP contribution in [-0.2, 0) is 14.4 Å². The Morgan fingerprint density at radius 1 is 1.11 bits per heavy atom. The van der Waals surface area contributed by atoms with Gasteiger partial charge in [-0.2, -0.15) is 0 Å². The van der Waals surface area contributed by atoms with E-state index in [1.807, 2.05) is 7.05 Å². The van der Waals surface area contributed by atoms with Crippen LogP contribution in [-0.4, -0.2) is 72.2 Å². The molecule has 19 heavy (non-hydrogen) atoms. The van der Waals surface area contributed by atoms with Gasteiger partial charge in [0.05, 0.1) is 17.9 Å². The second-order valence-electron chi connectivity index (χ2n) is 5.83. The predicted octanol–water partition coefficient (Wildman–Crippen LogP) is -0.846. The molecule has 104 valence electrons. The van der Waals surface area contributed by atoms with Crippen LogP contribution < -0.4 is 0 Å². The Bertz CT molecular complexity index is 426. The Hall–Kier alpha value is -1.43. The molecule has 0 aliphatic carbocycles. The zero-order valence-corrected chi connectivity index (χ0v) is 11.3. The molecule has 3 saturated heterocycles. The minimum absolute atomic E-state index is 0.0678. The van der Waals surface area contributed by atoms with Gasteiger partial charge in [-0.05, 0) is 26.4 Å². The maximum atomic E-state index is 12.4. The molecular formula is C13H19N3O3. The van der Waals surface area contributed by atoms with Crippen molar-refractivity contribution in [2.75, 3.05) is 33.7 Å². The Morgan fingerprint density at radius 2 is 1.68 bits per heavy atom. The number of hydrogen-bond donors (Lipinski definition) is 0. The van der Waals surface area contributed by atoms with Gasteiger partial charge in [-0.1, -0.05) is 0 Å². The summed E-state index contributed by atoms with van der Waals surface area (Å²) < 4.78 is 0. The van der Waals surface area contributed by atoms with Gasteiger partial charge in [0, 0.05) is 20.1 Å². The highest BCUT2D eigenvalue weighted by atomic mass is 16.2. The summed E-state index contributed by atoms with van der Waals surface area (Å²) in [6.45, 7) is 1.75. The Kier molecular flexibility index (Phi) is 2.85. The van der Waals surface area contributed by atoms with E-state index in [9.17, 15) is 14.4 Å². The monoisotopic (exact) mass is 265 g/mol. The smallest absolute Gasteiger partial charge is 0.239 e. The van der Waals surface area contributed by atoms with Crippen LogP contribution in [0.15, 0.2) is 0 Å². The molecule has 0 aromatic heterocycles. The van der Waals surface area contributed by atoms with Crippen LogP contribution in [0.5, 0.6) is 0 Å². The van der Waals surface area contributed by atoms with Gasteiger partial charge in [0.25, 0.3) is 0 Å². The van der Waals surface area contributed by atoms with E-state index in [4.69, 9.17) is 0 Å². The Balaban J connectivity index is 1.72.